The summed E-state index contributed by atoms with van der Waals surface area (Å²) >= 11 is 1.33. The number of rotatable bonds is 11. The smallest absolute Gasteiger partial charge is 0.387 e. The molecule has 0 spiro atoms. The second kappa shape index (κ2) is 11.5. The zero-order chi connectivity index (χ0) is 24.7. The highest BCUT2D eigenvalue weighted by molar-refractivity contribution is 7.19. The third-order valence-corrected chi connectivity index (χ3v) is 6.91. The highest BCUT2D eigenvalue weighted by Gasteiger charge is 2.33. The predicted molar refractivity (Wildman–Crippen MR) is 127 cm³/mol. The second-order valence-corrected chi connectivity index (χ2v) is 9.20. The topological polar surface area (TPSA) is 111 Å². The third kappa shape index (κ3) is 6.25. The Hall–Kier alpha value is -3.25. The summed E-state index contributed by atoms with van der Waals surface area (Å²) < 4.78 is 35.1. The first kappa shape index (κ1) is 24.9. The Morgan fingerprint density at radius 2 is 1.94 bits per heavy atom. The fraction of sp³-hybridized carbons (Fsp3) is 0.435. The Labute approximate surface area is 205 Å². The van der Waals surface area contributed by atoms with Gasteiger partial charge >= 0.3 is 6.61 Å². The number of aromatic nitrogens is 4. The molecule has 12 heteroatoms. The molecule has 9 nitrogen and oxygen atoms in total. The number of nitrogens with zero attached hydrogens (tertiary/aromatic N) is 4. The van der Waals surface area contributed by atoms with E-state index in [2.05, 4.69) is 35.8 Å². The lowest BCUT2D eigenvalue weighted by atomic mass is 9.84. The molecule has 0 amide bonds. The summed E-state index contributed by atoms with van der Waals surface area (Å²) in [4.78, 5) is 12.0. The van der Waals surface area contributed by atoms with Crippen molar-refractivity contribution in [1.82, 2.24) is 20.4 Å². The van der Waals surface area contributed by atoms with E-state index in [4.69, 9.17) is 4.74 Å². The number of hydrogen-bond acceptors (Lipinski definition) is 10. The molecule has 1 aliphatic carbocycles. The molecule has 2 aromatic heterocycles. The summed E-state index contributed by atoms with van der Waals surface area (Å²) in [6.07, 6.45) is 6.31. The lowest BCUT2D eigenvalue weighted by molar-refractivity contribution is -0.127. The number of ether oxygens (including phenoxy) is 2. The first-order valence-electron chi connectivity index (χ1n) is 11.2. The van der Waals surface area contributed by atoms with Gasteiger partial charge in [0.15, 0.2) is 11.9 Å². The Kier molecular flexibility index (Phi) is 8.13. The van der Waals surface area contributed by atoms with Crippen molar-refractivity contribution in [2.75, 3.05) is 24.3 Å². The van der Waals surface area contributed by atoms with Crippen molar-refractivity contribution >= 4 is 27.9 Å². The van der Waals surface area contributed by atoms with Crippen LogP contribution in [0, 0.1) is 0 Å². The summed E-state index contributed by atoms with van der Waals surface area (Å²) in [6, 6.07) is 10.1. The summed E-state index contributed by atoms with van der Waals surface area (Å²) in [5.41, 5.74) is -0.000676. The molecule has 1 aliphatic rings. The van der Waals surface area contributed by atoms with E-state index in [1.165, 1.54) is 36.6 Å². The molecule has 35 heavy (non-hydrogen) atoms. The van der Waals surface area contributed by atoms with Gasteiger partial charge in [-0.25, -0.2) is 0 Å². The molecule has 0 unspecified atom stereocenters. The minimum absolute atomic E-state index is 0.0307. The average Bonchev–Trinajstić information content (AvgIpc) is 3.33. The van der Waals surface area contributed by atoms with Crippen LogP contribution in [-0.4, -0.2) is 53.0 Å². The number of carbonyl (C=O) groups is 1. The molecule has 1 fully saturated rings. The molecule has 0 bridgehead atoms. The van der Waals surface area contributed by atoms with Gasteiger partial charge in [0.05, 0.1) is 12.2 Å². The first-order chi connectivity index (χ1) is 17.0. The van der Waals surface area contributed by atoms with Crippen LogP contribution in [0.25, 0.3) is 0 Å². The van der Waals surface area contributed by atoms with Gasteiger partial charge < -0.3 is 20.1 Å². The highest BCUT2D eigenvalue weighted by Crippen LogP contribution is 2.34. The number of anilines is 2. The van der Waals surface area contributed by atoms with E-state index >= 15 is 0 Å². The normalized spacial score (nSPS) is 19.7. The van der Waals surface area contributed by atoms with E-state index in [0.717, 1.165) is 31.4 Å². The van der Waals surface area contributed by atoms with Crippen LogP contribution in [0.15, 0.2) is 42.6 Å². The lowest BCUT2D eigenvalue weighted by Crippen LogP contribution is -2.38. The van der Waals surface area contributed by atoms with Gasteiger partial charge in [-0.15, -0.1) is 10.2 Å². The SMILES string of the molecule is CO[C@@](C=O)(CNc1nnc(N[C@H]2CC[C@H](c3cccnn3)CC2)s1)c1cccc(OC(F)F)c1. The molecule has 1 atom stereocenters. The van der Waals surface area contributed by atoms with Crippen molar-refractivity contribution < 1.29 is 23.0 Å². The Morgan fingerprint density at radius 3 is 2.63 bits per heavy atom. The Morgan fingerprint density at radius 1 is 1.14 bits per heavy atom. The fourth-order valence-electron chi connectivity index (χ4n) is 4.18. The Bertz CT molecular complexity index is 1100. The Balaban J connectivity index is 1.34. The second-order valence-electron chi connectivity index (χ2n) is 8.23. The van der Waals surface area contributed by atoms with Gasteiger partial charge in [-0.3, -0.25) is 4.79 Å². The van der Waals surface area contributed by atoms with Crippen LogP contribution in [0.5, 0.6) is 5.75 Å². The molecule has 0 radical (unpaired) electrons. The molecule has 186 valence electrons. The number of carbonyl (C=O) groups excluding carboxylic acids is 1. The highest BCUT2D eigenvalue weighted by atomic mass is 32.1. The first-order valence-corrected chi connectivity index (χ1v) is 12.0. The predicted octanol–water partition coefficient (Wildman–Crippen LogP) is 4.22. The van der Waals surface area contributed by atoms with Crippen LogP contribution >= 0.6 is 11.3 Å². The third-order valence-electron chi connectivity index (χ3n) is 6.10. The maximum absolute atomic E-state index is 12.6. The number of halogens is 2. The maximum atomic E-state index is 12.6. The van der Waals surface area contributed by atoms with Crippen molar-refractivity contribution in [3.05, 3.63) is 53.9 Å². The zero-order valence-corrected chi connectivity index (χ0v) is 19.9. The summed E-state index contributed by atoms with van der Waals surface area (Å²) in [5.74, 6) is 0.362. The van der Waals surface area contributed by atoms with Crippen molar-refractivity contribution in [3.8, 4) is 5.75 Å². The number of methoxy groups -OCH3 is 1. The minimum atomic E-state index is -2.97. The maximum Gasteiger partial charge on any atom is 0.387 e. The molecule has 2 heterocycles. The summed E-state index contributed by atoms with van der Waals surface area (Å²) in [5, 5.41) is 24.3. The van der Waals surface area contributed by atoms with Crippen LogP contribution < -0.4 is 15.4 Å². The number of alkyl halides is 2. The van der Waals surface area contributed by atoms with Gasteiger partial charge in [0.25, 0.3) is 0 Å². The van der Waals surface area contributed by atoms with Gasteiger partial charge in [0.2, 0.25) is 10.3 Å². The average molecular weight is 505 g/mol. The van der Waals surface area contributed by atoms with Gasteiger partial charge in [0.1, 0.15) is 5.75 Å². The van der Waals surface area contributed by atoms with Gasteiger partial charge in [-0.2, -0.15) is 19.0 Å². The van der Waals surface area contributed by atoms with Crippen LogP contribution in [0.4, 0.5) is 19.0 Å². The molecule has 1 aromatic carbocycles. The monoisotopic (exact) mass is 504 g/mol. The van der Waals surface area contributed by atoms with Crippen LogP contribution in [0.3, 0.4) is 0 Å². The number of nitrogens with one attached hydrogen (secondary N) is 2. The molecular formula is C23H26F2N6O3S. The van der Waals surface area contributed by atoms with Crippen LogP contribution in [0.2, 0.25) is 0 Å². The van der Waals surface area contributed by atoms with E-state index in [-0.39, 0.29) is 18.3 Å². The standard InChI is InChI=1S/C23H26F2N6O3S/c1-33-23(14-32,16-4-2-5-18(12-16)34-20(24)25)13-26-21-30-31-22(35-21)28-17-9-7-15(8-10-17)19-6-3-11-27-29-19/h2-6,11-12,14-15,17,20H,7-10,13H2,1H3,(H,26,30)(H,28,31)/t15-,17-,23-/m1/s1. The zero-order valence-electron chi connectivity index (χ0n) is 19.1. The molecule has 2 N–H and O–H groups in total. The molecule has 0 aliphatic heterocycles. The number of hydrogen-bond donors (Lipinski definition) is 2. The van der Waals surface area contributed by atoms with Crippen LogP contribution in [0.1, 0.15) is 42.9 Å². The molecular weight excluding hydrogens is 478 g/mol. The van der Waals surface area contributed by atoms with Gasteiger partial charge in [0, 0.05) is 25.3 Å². The van der Waals surface area contributed by atoms with E-state index in [1.54, 1.807) is 12.3 Å². The van der Waals surface area contributed by atoms with Crippen molar-refractivity contribution in [2.24, 2.45) is 0 Å². The van der Waals surface area contributed by atoms with Gasteiger partial charge in [-0.05, 0) is 55.5 Å². The molecule has 1 saturated carbocycles. The summed E-state index contributed by atoms with van der Waals surface area (Å²) in [7, 11) is 1.38. The van der Waals surface area contributed by atoms with Crippen molar-refractivity contribution in [2.45, 2.75) is 49.9 Å². The van der Waals surface area contributed by atoms with Crippen molar-refractivity contribution in [3.63, 3.8) is 0 Å². The summed E-state index contributed by atoms with van der Waals surface area (Å²) in [6.45, 7) is -2.94. The molecule has 0 saturated heterocycles. The van der Waals surface area contributed by atoms with E-state index in [9.17, 15) is 13.6 Å². The lowest BCUT2D eigenvalue weighted by Gasteiger charge is -2.28. The van der Waals surface area contributed by atoms with E-state index in [1.807, 2.05) is 12.1 Å². The van der Waals surface area contributed by atoms with E-state index in [0.29, 0.717) is 28.0 Å². The molecule has 3 aromatic rings. The van der Waals surface area contributed by atoms with Crippen LogP contribution in [-0.2, 0) is 15.1 Å². The number of aldehydes is 1. The van der Waals surface area contributed by atoms with Gasteiger partial charge in [-0.1, -0.05) is 23.5 Å². The number of benzene rings is 1. The van der Waals surface area contributed by atoms with Crippen molar-refractivity contribution in [1.29, 1.82) is 0 Å². The minimum Gasteiger partial charge on any atom is -0.435 e. The fourth-order valence-corrected chi connectivity index (χ4v) is 4.90. The quantitative estimate of drug-likeness (QED) is 0.371. The largest absolute Gasteiger partial charge is 0.435 e. The molecule has 4 rings (SSSR count). The van der Waals surface area contributed by atoms with E-state index < -0.39 is 12.2 Å².